The number of aliphatic hydroxyl groups is 1. The fraction of sp³-hybridized carbons (Fsp3) is 0.500. The standard InChI is InChI=1S/C12H18N2O2S/c1-4-12(2,8-15)14-10(16)9-6-5-7-13-11(9)17-3/h5-7,15H,4,8H2,1-3H3,(H,14,16). The lowest BCUT2D eigenvalue weighted by Crippen LogP contribution is -2.48. The van der Waals surface area contributed by atoms with Crippen LogP contribution in [-0.2, 0) is 0 Å². The summed E-state index contributed by atoms with van der Waals surface area (Å²) >= 11 is 1.43. The molecule has 1 unspecified atom stereocenters. The van der Waals surface area contributed by atoms with E-state index >= 15 is 0 Å². The zero-order chi connectivity index (χ0) is 12.9. The molecule has 0 saturated heterocycles. The fourth-order valence-electron chi connectivity index (χ4n) is 1.31. The number of amides is 1. The van der Waals surface area contributed by atoms with Crippen molar-refractivity contribution in [3.8, 4) is 0 Å². The number of aromatic nitrogens is 1. The first-order valence-corrected chi connectivity index (χ1v) is 6.71. The summed E-state index contributed by atoms with van der Waals surface area (Å²) in [5, 5.41) is 12.8. The second-order valence-electron chi connectivity index (χ2n) is 4.09. The number of hydrogen-bond acceptors (Lipinski definition) is 4. The number of carbonyl (C=O) groups is 1. The van der Waals surface area contributed by atoms with Crippen LogP contribution in [0.25, 0.3) is 0 Å². The number of hydrogen-bond donors (Lipinski definition) is 2. The van der Waals surface area contributed by atoms with Crippen LogP contribution in [0.5, 0.6) is 0 Å². The molecule has 0 aromatic carbocycles. The summed E-state index contributed by atoms with van der Waals surface area (Å²) in [5.74, 6) is -0.194. The largest absolute Gasteiger partial charge is 0.394 e. The summed E-state index contributed by atoms with van der Waals surface area (Å²) in [6, 6.07) is 3.47. The number of thioether (sulfide) groups is 1. The number of nitrogens with one attached hydrogen (secondary N) is 1. The molecule has 1 atom stereocenters. The van der Waals surface area contributed by atoms with E-state index < -0.39 is 5.54 Å². The van der Waals surface area contributed by atoms with Gasteiger partial charge in [0.15, 0.2) is 0 Å². The van der Waals surface area contributed by atoms with Crippen molar-refractivity contribution in [3.63, 3.8) is 0 Å². The van der Waals surface area contributed by atoms with Gasteiger partial charge in [0, 0.05) is 6.20 Å². The minimum Gasteiger partial charge on any atom is -0.394 e. The Kier molecular flexibility index (Phi) is 4.96. The maximum Gasteiger partial charge on any atom is 0.254 e. The normalized spacial score (nSPS) is 14.1. The highest BCUT2D eigenvalue weighted by Crippen LogP contribution is 2.18. The van der Waals surface area contributed by atoms with Crippen molar-refractivity contribution in [2.75, 3.05) is 12.9 Å². The lowest BCUT2D eigenvalue weighted by molar-refractivity contribution is 0.0843. The van der Waals surface area contributed by atoms with Crippen molar-refractivity contribution in [2.45, 2.75) is 30.8 Å². The van der Waals surface area contributed by atoms with Gasteiger partial charge in [-0.15, -0.1) is 11.8 Å². The summed E-state index contributed by atoms with van der Waals surface area (Å²) in [6.45, 7) is 3.67. The maximum atomic E-state index is 12.1. The Labute approximate surface area is 106 Å². The van der Waals surface area contributed by atoms with Gasteiger partial charge in [0.2, 0.25) is 0 Å². The third-order valence-corrected chi connectivity index (χ3v) is 3.47. The summed E-state index contributed by atoms with van der Waals surface area (Å²) in [4.78, 5) is 16.2. The molecule has 0 fully saturated rings. The van der Waals surface area contributed by atoms with Crippen molar-refractivity contribution in [2.24, 2.45) is 0 Å². The lowest BCUT2D eigenvalue weighted by Gasteiger charge is -2.27. The number of nitrogens with zero attached hydrogens (tertiary/aromatic N) is 1. The monoisotopic (exact) mass is 254 g/mol. The average Bonchev–Trinajstić information content (AvgIpc) is 2.38. The first kappa shape index (κ1) is 14.0. The van der Waals surface area contributed by atoms with E-state index in [1.807, 2.05) is 20.1 Å². The molecule has 17 heavy (non-hydrogen) atoms. The van der Waals surface area contributed by atoms with Gasteiger partial charge < -0.3 is 10.4 Å². The smallest absolute Gasteiger partial charge is 0.254 e. The molecule has 0 aliphatic rings. The van der Waals surface area contributed by atoms with Crippen molar-refractivity contribution in [3.05, 3.63) is 23.9 Å². The van der Waals surface area contributed by atoms with E-state index in [0.29, 0.717) is 17.0 Å². The molecule has 2 N–H and O–H groups in total. The number of pyridine rings is 1. The molecule has 1 aromatic heterocycles. The Hall–Kier alpha value is -1.07. The zero-order valence-corrected chi connectivity index (χ0v) is 11.2. The molecule has 94 valence electrons. The Morgan fingerprint density at radius 2 is 2.35 bits per heavy atom. The predicted octanol–water partition coefficient (Wildman–Crippen LogP) is 1.69. The van der Waals surface area contributed by atoms with Crippen LogP contribution in [0.2, 0.25) is 0 Å². The van der Waals surface area contributed by atoms with Crippen LogP contribution in [0.15, 0.2) is 23.4 Å². The molecule has 1 rings (SSSR count). The van der Waals surface area contributed by atoms with E-state index in [1.54, 1.807) is 18.3 Å². The predicted molar refractivity (Wildman–Crippen MR) is 69.3 cm³/mol. The SMILES string of the molecule is CCC(C)(CO)NC(=O)c1cccnc1SC. The van der Waals surface area contributed by atoms with Crippen molar-refractivity contribution in [1.29, 1.82) is 0 Å². The summed E-state index contributed by atoms with van der Waals surface area (Å²) in [6.07, 6.45) is 4.21. The van der Waals surface area contributed by atoms with Crippen molar-refractivity contribution in [1.82, 2.24) is 10.3 Å². The highest BCUT2D eigenvalue weighted by atomic mass is 32.2. The number of carbonyl (C=O) groups excluding carboxylic acids is 1. The van der Waals surface area contributed by atoms with Gasteiger partial charge in [-0.25, -0.2) is 4.98 Å². The number of aliphatic hydroxyl groups excluding tert-OH is 1. The Morgan fingerprint density at radius 3 is 2.88 bits per heavy atom. The minimum absolute atomic E-state index is 0.0793. The van der Waals surface area contributed by atoms with E-state index in [0.717, 1.165) is 0 Å². The minimum atomic E-state index is -0.581. The van der Waals surface area contributed by atoms with E-state index in [1.165, 1.54) is 11.8 Å². The van der Waals surface area contributed by atoms with Crippen LogP contribution in [0, 0.1) is 0 Å². The molecule has 4 nitrogen and oxygen atoms in total. The Morgan fingerprint density at radius 1 is 1.65 bits per heavy atom. The Balaban J connectivity index is 2.90. The summed E-state index contributed by atoms with van der Waals surface area (Å²) in [7, 11) is 0. The van der Waals surface area contributed by atoms with Crippen LogP contribution in [0.1, 0.15) is 30.6 Å². The van der Waals surface area contributed by atoms with E-state index in [9.17, 15) is 9.90 Å². The molecular weight excluding hydrogens is 236 g/mol. The highest BCUT2D eigenvalue weighted by molar-refractivity contribution is 7.98. The van der Waals surface area contributed by atoms with Crippen LogP contribution in [0.4, 0.5) is 0 Å². The zero-order valence-electron chi connectivity index (χ0n) is 10.4. The molecular formula is C12H18N2O2S. The molecule has 5 heteroatoms. The van der Waals surface area contributed by atoms with Gasteiger partial charge >= 0.3 is 0 Å². The van der Waals surface area contributed by atoms with Gasteiger partial charge in [-0.05, 0) is 31.7 Å². The molecule has 1 aromatic rings. The first-order chi connectivity index (χ1) is 8.06. The summed E-state index contributed by atoms with van der Waals surface area (Å²) < 4.78 is 0. The van der Waals surface area contributed by atoms with Crippen LogP contribution < -0.4 is 5.32 Å². The van der Waals surface area contributed by atoms with Crippen LogP contribution in [-0.4, -0.2) is 34.4 Å². The van der Waals surface area contributed by atoms with Crippen molar-refractivity contribution >= 4 is 17.7 Å². The molecule has 0 bridgehead atoms. The average molecular weight is 254 g/mol. The highest BCUT2D eigenvalue weighted by Gasteiger charge is 2.24. The lowest BCUT2D eigenvalue weighted by atomic mass is 10.00. The van der Waals surface area contributed by atoms with Gasteiger partial charge in [0.1, 0.15) is 5.03 Å². The third-order valence-electron chi connectivity index (χ3n) is 2.75. The molecule has 1 amide bonds. The third kappa shape index (κ3) is 3.44. The quantitative estimate of drug-likeness (QED) is 0.785. The van der Waals surface area contributed by atoms with Gasteiger partial charge in [-0.3, -0.25) is 4.79 Å². The van der Waals surface area contributed by atoms with Gasteiger partial charge in [-0.1, -0.05) is 6.92 Å². The molecule has 1 heterocycles. The molecule has 0 saturated carbocycles. The molecule has 0 aliphatic carbocycles. The van der Waals surface area contributed by atoms with Gasteiger partial charge in [0.25, 0.3) is 5.91 Å². The van der Waals surface area contributed by atoms with Crippen LogP contribution in [0.3, 0.4) is 0 Å². The number of rotatable bonds is 5. The molecule has 0 spiro atoms. The maximum absolute atomic E-state index is 12.1. The van der Waals surface area contributed by atoms with Gasteiger partial charge in [-0.2, -0.15) is 0 Å². The first-order valence-electron chi connectivity index (χ1n) is 5.48. The van der Waals surface area contributed by atoms with Crippen molar-refractivity contribution < 1.29 is 9.90 Å². The van der Waals surface area contributed by atoms with Crippen LogP contribution >= 0.6 is 11.8 Å². The van der Waals surface area contributed by atoms with E-state index in [-0.39, 0.29) is 12.5 Å². The summed E-state index contributed by atoms with van der Waals surface area (Å²) in [5.41, 5.74) is -0.0316. The molecule has 0 aliphatic heterocycles. The van der Waals surface area contributed by atoms with Gasteiger partial charge in [0.05, 0.1) is 17.7 Å². The van der Waals surface area contributed by atoms with E-state index in [4.69, 9.17) is 0 Å². The van der Waals surface area contributed by atoms with E-state index in [2.05, 4.69) is 10.3 Å². The Bertz CT molecular complexity index is 392. The second-order valence-corrected chi connectivity index (χ2v) is 4.88. The fourth-order valence-corrected chi connectivity index (χ4v) is 1.85. The topological polar surface area (TPSA) is 62.2 Å². The molecule has 0 radical (unpaired) electrons. The second kappa shape index (κ2) is 6.02.